The molecule has 1 aromatic carbocycles. The lowest BCUT2D eigenvalue weighted by Crippen LogP contribution is -2.24. The molecule has 0 spiro atoms. The van der Waals surface area contributed by atoms with Gasteiger partial charge in [-0.3, -0.25) is 4.79 Å². The molecule has 0 atom stereocenters. The van der Waals surface area contributed by atoms with Crippen molar-refractivity contribution in [2.75, 3.05) is 6.54 Å². The normalized spacial score (nSPS) is 9.87. The van der Waals surface area contributed by atoms with Crippen LogP contribution >= 0.6 is 0 Å². The van der Waals surface area contributed by atoms with E-state index < -0.39 is 0 Å². The predicted octanol–water partition coefficient (Wildman–Crippen LogP) is 4.52. The molecule has 0 unspecified atom stereocenters. The molecule has 0 heterocycles. The third-order valence-corrected chi connectivity index (χ3v) is 3.84. The van der Waals surface area contributed by atoms with E-state index in [0.717, 1.165) is 12.8 Å². The summed E-state index contributed by atoms with van der Waals surface area (Å²) in [7, 11) is 0. The first kappa shape index (κ1) is 18.9. The largest absolute Gasteiger partial charge is 0.352 e. The van der Waals surface area contributed by atoms with Crippen LogP contribution in [-0.4, -0.2) is 12.5 Å². The summed E-state index contributed by atoms with van der Waals surface area (Å²) in [5, 5.41) is 2.94. The SMILES string of the molecule is C#Cc1cc(C#C)cc(C(=O)NCCCCCCCCCC)c1. The summed E-state index contributed by atoms with van der Waals surface area (Å²) in [5.74, 6) is 4.94. The van der Waals surface area contributed by atoms with Gasteiger partial charge in [-0.15, -0.1) is 12.8 Å². The average molecular weight is 309 g/mol. The molecule has 0 aliphatic heterocycles. The summed E-state index contributed by atoms with van der Waals surface area (Å²) in [6.07, 6.45) is 20.8. The van der Waals surface area contributed by atoms with Crippen molar-refractivity contribution in [1.29, 1.82) is 0 Å². The highest BCUT2D eigenvalue weighted by atomic mass is 16.1. The van der Waals surface area contributed by atoms with Gasteiger partial charge in [-0.05, 0) is 24.6 Å². The third-order valence-electron chi connectivity index (χ3n) is 3.84. The van der Waals surface area contributed by atoms with Crippen LogP contribution in [0.3, 0.4) is 0 Å². The van der Waals surface area contributed by atoms with Crippen molar-refractivity contribution in [2.45, 2.75) is 58.3 Å². The minimum atomic E-state index is -0.110. The van der Waals surface area contributed by atoms with Crippen LogP contribution in [0, 0.1) is 24.7 Å². The second-order valence-electron chi connectivity index (χ2n) is 5.82. The van der Waals surface area contributed by atoms with Crippen molar-refractivity contribution in [3.05, 3.63) is 34.9 Å². The van der Waals surface area contributed by atoms with E-state index >= 15 is 0 Å². The third kappa shape index (κ3) is 7.57. The molecule has 1 amide bonds. The first-order valence-electron chi connectivity index (χ1n) is 8.57. The molecule has 0 aliphatic rings. The summed E-state index contributed by atoms with van der Waals surface area (Å²) >= 11 is 0. The molecule has 2 heteroatoms. The average Bonchev–Trinajstić information content (AvgIpc) is 2.59. The zero-order valence-electron chi connectivity index (χ0n) is 14.2. The molecule has 23 heavy (non-hydrogen) atoms. The lowest BCUT2D eigenvalue weighted by Gasteiger charge is -2.07. The van der Waals surface area contributed by atoms with Gasteiger partial charge in [0.25, 0.3) is 5.91 Å². The van der Waals surface area contributed by atoms with E-state index in [2.05, 4.69) is 24.1 Å². The Balaban J connectivity index is 2.27. The molecule has 1 aromatic rings. The molecule has 1 N–H and O–H groups in total. The van der Waals surface area contributed by atoms with Gasteiger partial charge in [0.2, 0.25) is 0 Å². The second kappa shape index (κ2) is 11.4. The highest BCUT2D eigenvalue weighted by Crippen LogP contribution is 2.10. The Morgan fingerprint density at radius 2 is 1.43 bits per heavy atom. The van der Waals surface area contributed by atoms with E-state index in [9.17, 15) is 4.79 Å². The summed E-state index contributed by atoms with van der Waals surface area (Å²) in [5.41, 5.74) is 1.81. The van der Waals surface area contributed by atoms with E-state index in [1.165, 1.54) is 38.5 Å². The molecular formula is C21H27NO. The minimum Gasteiger partial charge on any atom is -0.352 e. The zero-order chi connectivity index (χ0) is 16.9. The predicted molar refractivity (Wildman–Crippen MR) is 97.3 cm³/mol. The molecule has 2 nitrogen and oxygen atoms in total. The maximum Gasteiger partial charge on any atom is 0.251 e. The van der Waals surface area contributed by atoms with Gasteiger partial charge in [-0.2, -0.15) is 0 Å². The molecule has 1 rings (SSSR count). The standard InChI is InChI=1S/C21H27NO/c1-4-7-8-9-10-11-12-13-14-22-21(23)20-16-18(5-2)15-19(6-3)17-20/h2-3,15-17H,4,7-14H2,1H3,(H,22,23). The maximum absolute atomic E-state index is 12.1. The topological polar surface area (TPSA) is 29.1 Å². The Morgan fingerprint density at radius 3 is 1.96 bits per heavy atom. The lowest BCUT2D eigenvalue weighted by molar-refractivity contribution is 0.0953. The Bertz CT molecular complexity index is 542. The number of carbonyl (C=O) groups excluding carboxylic acids is 1. The van der Waals surface area contributed by atoms with Gasteiger partial charge in [0.1, 0.15) is 0 Å². The van der Waals surface area contributed by atoms with E-state index in [-0.39, 0.29) is 5.91 Å². The number of unbranched alkanes of at least 4 members (excludes halogenated alkanes) is 7. The van der Waals surface area contributed by atoms with Crippen LogP contribution in [0.5, 0.6) is 0 Å². The number of hydrogen-bond donors (Lipinski definition) is 1. The van der Waals surface area contributed by atoms with E-state index in [4.69, 9.17) is 12.8 Å². The Hall–Kier alpha value is -2.19. The van der Waals surface area contributed by atoms with Crippen molar-refractivity contribution in [2.24, 2.45) is 0 Å². The Kier molecular flexibility index (Phi) is 9.34. The zero-order valence-corrected chi connectivity index (χ0v) is 14.2. The monoisotopic (exact) mass is 309 g/mol. The minimum absolute atomic E-state index is 0.110. The maximum atomic E-state index is 12.1. The fraction of sp³-hybridized carbons (Fsp3) is 0.476. The summed E-state index contributed by atoms with van der Waals surface area (Å²) in [6, 6.07) is 5.13. The van der Waals surface area contributed by atoms with Gasteiger partial charge >= 0.3 is 0 Å². The quantitative estimate of drug-likeness (QED) is 0.500. The summed E-state index contributed by atoms with van der Waals surface area (Å²) in [6.45, 7) is 2.92. The van der Waals surface area contributed by atoms with E-state index in [1.807, 2.05) is 0 Å². The van der Waals surface area contributed by atoms with Crippen LogP contribution in [-0.2, 0) is 0 Å². The van der Waals surface area contributed by atoms with Crippen molar-refractivity contribution in [3.63, 3.8) is 0 Å². The molecule has 0 bridgehead atoms. The van der Waals surface area contributed by atoms with Crippen molar-refractivity contribution in [3.8, 4) is 24.7 Å². The first-order chi connectivity index (χ1) is 11.2. The van der Waals surface area contributed by atoms with Crippen molar-refractivity contribution >= 4 is 5.91 Å². The first-order valence-corrected chi connectivity index (χ1v) is 8.57. The van der Waals surface area contributed by atoms with Crippen LogP contribution in [0.2, 0.25) is 0 Å². The lowest BCUT2D eigenvalue weighted by atomic mass is 10.1. The molecule has 0 aromatic heterocycles. The highest BCUT2D eigenvalue weighted by Gasteiger charge is 2.07. The summed E-state index contributed by atoms with van der Waals surface area (Å²) in [4.78, 5) is 12.1. The van der Waals surface area contributed by atoms with Gasteiger partial charge in [0.15, 0.2) is 0 Å². The van der Waals surface area contributed by atoms with E-state index in [1.54, 1.807) is 18.2 Å². The molecule has 0 saturated heterocycles. The van der Waals surface area contributed by atoms with Crippen LogP contribution in [0.15, 0.2) is 18.2 Å². The molecule has 0 radical (unpaired) electrons. The second-order valence-corrected chi connectivity index (χ2v) is 5.82. The molecule has 122 valence electrons. The number of carbonyl (C=O) groups is 1. The summed E-state index contributed by atoms with van der Waals surface area (Å²) < 4.78 is 0. The molecule has 0 saturated carbocycles. The van der Waals surface area contributed by atoms with Crippen LogP contribution in [0.25, 0.3) is 0 Å². The Morgan fingerprint density at radius 1 is 0.913 bits per heavy atom. The van der Waals surface area contributed by atoms with Gasteiger partial charge < -0.3 is 5.32 Å². The molecule has 0 fully saturated rings. The van der Waals surface area contributed by atoms with Crippen LogP contribution in [0.1, 0.15) is 79.8 Å². The molecular weight excluding hydrogens is 282 g/mol. The van der Waals surface area contributed by atoms with Gasteiger partial charge in [0.05, 0.1) is 0 Å². The number of terminal acetylenes is 2. The van der Waals surface area contributed by atoms with Gasteiger partial charge in [-0.1, -0.05) is 63.7 Å². The fourth-order valence-electron chi connectivity index (χ4n) is 2.49. The number of amides is 1. The van der Waals surface area contributed by atoms with Crippen LogP contribution in [0.4, 0.5) is 0 Å². The fourth-order valence-corrected chi connectivity index (χ4v) is 2.49. The molecule has 0 aliphatic carbocycles. The number of benzene rings is 1. The number of hydrogen-bond acceptors (Lipinski definition) is 1. The van der Waals surface area contributed by atoms with Gasteiger partial charge in [-0.25, -0.2) is 0 Å². The Labute approximate surface area is 141 Å². The number of nitrogens with one attached hydrogen (secondary N) is 1. The van der Waals surface area contributed by atoms with Gasteiger partial charge in [0, 0.05) is 23.2 Å². The smallest absolute Gasteiger partial charge is 0.251 e. The van der Waals surface area contributed by atoms with Crippen LogP contribution < -0.4 is 5.32 Å². The van der Waals surface area contributed by atoms with Crippen molar-refractivity contribution in [1.82, 2.24) is 5.32 Å². The van der Waals surface area contributed by atoms with E-state index in [0.29, 0.717) is 23.2 Å². The highest BCUT2D eigenvalue weighted by molar-refractivity contribution is 5.95. The van der Waals surface area contributed by atoms with Crippen molar-refractivity contribution < 1.29 is 4.79 Å². The number of rotatable bonds is 10.